The molecule has 252 valence electrons. The number of hydrogen-bond donors (Lipinski definition) is 0. The molecule has 8 aromatic carbocycles. The van der Waals surface area contributed by atoms with Gasteiger partial charge < -0.3 is 9.47 Å². The largest absolute Gasteiger partial charge is 0.310 e. The minimum absolute atomic E-state index is 1.11. The van der Waals surface area contributed by atoms with E-state index < -0.39 is 0 Å². The number of nitrogens with zero attached hydrogens (tertiary/aromatic N) is 4. The minimum atomic E-state index is 1.11. The van der Waals surface area contributed by atoms with E-state index in [-0.39, 0.29) is 0 Å². The van der Waals surface area contributed by atoms with Crippen molar-refractivity contribution >= 4 is 82.7 Å². The predicted molar refractivity (Wildman–Crippen MR) is 227 cm³/mol. The van der Waals surface area contributed by atoms with Crippen LogP contribution in [0.4, 0.5) is 17.1 Å². The molecule has 12 aromatic rings. The zero-order chi connectivity index (χ0) is 35.3. The maximum Gasteiger partial charge on any atom is 0.131 e. The van der Waals surface area contributed by atoms with Gasteiger partial charge in [0.25, 0.3) is 0 Å². The maximum atomic E-state index is 2.47. The van der Waals surface area contributed by atoms with Crippen LogP contribution in [0.5, 0.6) is 0 Å². The van der Waals surface area contributed by atoms with Crippen LogP contribution in [0.25, 0.3) is 82.5 Å². The molecule has 0 saturated carbocycles. The quantitative estimate of drug-likeness (QED) is 0.176. The molecule has 0 N–H and O–H groups in total. The summed E-state index contributed by atoms with van der Waals surface area (Å²) in [4.78, 5) is 2.47. The highest BCUT2D eigenvalue weighted by Crippen LogP contribution is 2.48. The van der Waals surface area contributed by atoms with Gasteiger partial charge in [0.1, 0.15) is 5.65 Å². The smallest absolute Gasteiger partial charge is 0.131 e. The van der Waals surface area contributed by atoms with Crippen molar-refractivity contribution in [2.75, 3.05) is 4.90 Å². The summed E-state index contributed by atoms with van der Waals surface area (Å²) in [6, 6.07) is 70.6. The molecule has 0 unspecified atom stereocenters. The van der Waals surface area contributed by atoms with Crippen LogP contribution >= 0.6 is 0 Å². The first-order chi connectivity index (χ1) is 26.8. The number of fused-ring (bicyclic) bond motifs is 12. The number of anilines is 3. The SMILES string of the molecule is c1ccc(-c2ccc(N(c3ccc4c(c3)c3ccccc3n4-c3ccccc3)c3cccc4c3c3c5ccccc5n5c6ccccc6n4c35)cc2)cc1. The van der Waals surface area contributed by atoms with E-state index in [1.807, 2.05) is 0 Å². The number of hydrogen-bond acceptors (Lipinski definition) is 1. The summed E-state index contributed by atoms with van der Waals surface area (Å²) in [5.41, 5.74) is 15.4. The van der Waals surface area contributed by atoms with Crippen molar-refractivity contribution in [1.29, 1.82) is 0 Å². The first kappa shape index (κ1) is 29.3. The van der Waals surface area contributed by atoms with Gasteiger partial charge in [0.15, 0.2) is 0 Å². The zero-order valence-corrected chi connectivity index (χ0v) is 29.3. The molecule has 54 heavy (non-hydrogen) atoms. The van der Waals surface area contributed by atoms with E-state index in [1.165, 1.54) is 76.8 Å². The van der Waals surface area contributed by atoms with E-state index in [0.717, 1.165) is 22.7 Å². The summed E-state index contributed by atoms with van der Waals surface area (Å²) in [6.07, 6.45) is 0. The van der Waals surface area contributed by atoms with Gasteiger partial charge in [0.05, 0.1) is 38.8 Å². The molecular weight excluding hydrogens is 657 g/mol. The lowest BCUT2D eigenvalue weighted by atomic mass is 10.0. The highest BCUT2D eigenvalue weighted by molar-refractivity contribution is 6.27. The van der Waals surface area contributed by atoms with Gasteiger partial charge in [-0.2, -0.15) is 0 Å². The number of para-hydroxylation sites is 5. The van der Waals surface area contributed by atoms with Gasteiger partial charge in [0, 0.05) is 44.0 Å². The molecule has 4 aromatic heterocycles. The maximum absolute atomic E-state index is 2.47. The Hall–Kier alpha value is -7.30. The highest BCUT2D eigenvalue weighted by Gasteiger charge is 2.27. The minimum Gasteiger partial charge on any atom is -0.310 e. The lowest BCUT2D eigenvalue weighted by molar-refractivity contribution is 1.18. The topological polar surface area (TPSA) is 17.0 Å². The molecule has 0 spiro atoms. The van der Waals surface area contributed by atoms with E-state index in [9.17, 15) is 0 Å². The third-order valence-electron chi connectivity index (χ3n) is 11.3. The summed E-state index contributed by atoms with van der Waals surface area (Å²) < 4.78 is 7.31. The van der Waals surface area contributed by atoms with Crippen molar-refractivity contribution in [3.8, 4) is 16.8 Å². The second-order valence-corrected chi connectivity index (χ2v) is 14.2. The van der Waals surface area contributed by atoms with E-state index in [4.69, 9.17) is 0 Å². The average Bonchev–Trinajstić information content (AvgIpc) is 3.96. The van der Waals surface area contributed by atoms with E-state index >= 15 is 0 Å². The van der Waals surface area contributed by atoms with Crippen molar-refractivity contribution in [3.63, 3.8) is 0 Å². The normalized spacial score (nSPS) is 12.1. The molecule has 0 atom stereocenters. The number of rotatable bonds is 5. The lowest BCUT2D eigenvalue weighted by Gasteiger charge is -2.27. The Kier molecular flexibility index (Phi) is 6.02. The van der Waals surface area contributed by atoms with Crippen LogP contribution in [0.2, 0.25) is 0 Å². The van der Waals surface area contributed by atoms with Crippen LogP contribution in [-0.2, 0) is 0 Å². The molecule has 4 heterocycles. The number of imidazole rings is 1. The van der Waals surface area contributed by atoms with Crippen molar-refractivity contribution < 1.29 is 0 Å². The van der Waals surface area contributed by atoms with Crippen LogP contribution in [0, 0.1) is 0 Å². The number of benzene rings is 8. The van der Waals surface area contributed by atoms with Crippen LogP contribution in [0.15, 0.2) is 194 Å². The summed E-state index contributed by atoms with van der Waals surface area (Å²) in [5.74, 6) is 0. The predicted octanol–water partition coefficient (Wildman–Crippen LogP) is 13.3. The standard InChI is InChI=1S/C50H32N4/c1-3-14-33(15-4-1)34-26-28-36(29-27-34)51(37-30-31-43-40(32-37)38-18-7-9-20-41(38)52(43)35-16-5-2-6-17-35)46-24-13-25-47-49(46)48-39-19-8-10-21-42(39)53-44-22-11-12-23-45(44)54(47)50(48)53/h1-32H. The third-order valence-corrected chi connectivity index (χ3v) is 11.3. The molecule has 0 aliphatic carbocycles. The molecule has 0 amide bonds. The van der Waals surface area contributed by atoms with Gasteiger partial charge >= 0.3 is 0 Å². The van der Waals surface area contributed by atoms with E-state index in [0.29, 0.717) is 0 Å². The molecule has 0 saturated heterocycles. The fourth-order valence-electron chi connectivity index (χ4n) is 9.10. The van der Waals surface area contributed by atoms with Gasteiger partial charge in [-0.25, -0.2) is 0 Å². The lowest BCUT2D eigenvalue weighted by Crippen LogP contribution is -2.10. The fourth-order valence-corrected chi connectivity index (χ4v) is 9.10. The zero-order valence-electron chi connectivity index (χ0n) is 29.3. The van der Waals surface area contributed by atoms with Crippen molar-refractivity contribution in [1.82, 2.24) is 13.4 Å². The molecule has 0 radical (unpaired) electrons. The first-order valence-corrected chi connectivity index (χ1v) is 18.5. The molecule has 0 aliphatic heterocycles. The molecule has 4 heteroatoms. The van der Waals surface area contributed by atoms with Crippen LogP contribution in [0.3, 0.4) is 0 Å². The molecule has 0 fully saturated rings. The van der Waals surface area contributed by atoms with Gasteiger partial charge in [-0.05, 0) is 90.0 Å². The average molecular weight is 689 g/mol. The molecule has 0 bridgehead atoms. The Bertz CT molecular complexity index is 3360. The molecule has 4 nitrogen and oxygen atoms in total. The van der Waals surface area contributed by atoms with E-state index in [1.54, 1.807) is 0 Å². The molecule has 0 aliphatic rings. The van der Waals surface area contributed by atoms with Gasteiger partial charge in [-0.15, -0.1) is 0 Å². The summed E-state index contributed by atoms with van der Waals surface area (Å²) in [7, 11) is 0. The Morgan fingerprint density at radius 2 is 0.889 bits per heavy atom. The first-order valence-electron chi connectivity index (χ1n) is 18.5. The van der Waals surface area contributed by atoms with Crippen molar-refractivity contribution in [2.24, 2.45) is 0 Å². The van der Waals surface area contributed by atoms with Crippen LogP contribution < -0.4 is 4.90 Å². The van der Waals surface area contributed by atoms with Gasteiger partial charge in [0.2, 0.25) is 0 Å². The Morgan fingerprint density at radius 3 is 1.65 bits per heavy atom. The van der Waals surface area contributed by atoms with Crippen molar-refractivity contribution in [2.45, 2.75) is 0 Å². The monoisotopic (exact) mass is 688 g/mol. The van der Waals surface area contributed by atoms with Gasteiger partial charge in [-0.3, -0.25) is 8.80 Å². The Balaban J connectivity index is 1.18. The third kappa shape index (κ3) is 3.97. The van der Waals surface area contributed by atoms with E-state index in [2.05, 4.69) is 212 Å². The second kappa shape index (κ2) is 11.1. The molecule has 12 rings (SSSR count). The highest BCUT2D eigenvalue weighted by atomic mass is 15.2. The summed E-state index contributed by atoms with van der Waals surface area (Å²) in [6.45, 7) is 0. The Labute approximate surface area is 310 Å². The van der Waals surface area contributed by atoms with Crippen LogP contribution in [0.1, 0.15) is 0 Å². The second-order valence-electron chi connectivity index (χ2n) is 14.2. The molecular formula is C50H32N4. The Morgan fingerprint density at radius 1 is 0.333 bits per heavy atom. The van der Waals surface area contributed by atoms with Crippen molar-refractivity contribution in [3.05, 3.63) is 194 Å². The fraction of sp³-hybridized carbons (Fsp3) is 0. The summed E-state index contributed by atoms with van der Waals surface area (Å²) >= 11 is 0. The summed E-state index contributed by atoms with van der Waals surface area (Å²) in [5, 5.41) is 6.24. The van der Waals surface area contributed by atoms with Gasteiger partial charge in [-0.1, -0.05) is 115 Å². The van der Waals surface area contributed by atoms with Crippen LogP contribution in [-0.4, -0.2) is 13.4 Å². The number of aromatic nitrogens is 3.